The zero-order chi connectivity index (χ0) is 23.9. The summed E-state index contributed by atoms with van der Waals surface area (Å²) in [6.07, 6.45) is 1.51. The molecule has 3 aromatic carbocycles. The lowest BCUT2D eigenvalue weighted by Gasteiger charge is -2.18. The summed E-state index contributed by atoms with van der Waals surface area (Å²) in [6, 6.07) is 20.3. The Morgan fingerprint density at radius 3 is 2.62 bits per heavy atom. The average molecular weight is 456 g/mol. The standard InChI is InChI=1S/C27H24N2O5/c1-18-5-3-4-6-20(18)17-34-25-14-19(7-9-23(25)31-2)13-21(16-28)27(30)29-22-8-10-24-26(15-22)33-12-11-32-24/h3-10,13-15H,11-12,17H2,1-2H3,(H,29,30)/b21-13+. The van der Waals surface area contributed by atoms with Gasteiger partial charge in [-0.2, -0.15) is 5.26 Å². The molecule has 0 saturated heterocycles. The Hall–Kier alpha value is -4.44. The number of nitrogens with one attached hydrogen (secondary N) is 1. The molecule has 1 heterocycles. The quantitative estimate of drug-likeness (QED) is 0.402. The van der Waals surface area contributed by atoms with Gasteiger partial charge < -0.3 is 24.3 Å². The van der Waals surface area contributed by atoms with Crippen LogP contribution in [0.15, 0.2) is 66.2 Å². The Balaban J connectivity index is 1.51. The molecule has 0 spiro atoms. The first kappa shape index (κ1) is 22.7. The molecule has 0 saturated carbocycles. The second-order valence-corrected chi connectivity index (χ2v) is 7.61. The average Bonchev–Trinajstić information content (AvgIpc) is 2.86. The fraction of sp³-hybridized carbons (Fsp3) is 0.185. The molecule has 3 aromatic rings. The minimum atomic E-state index is -0.530. The maximum absolute atomic E-state index is 12.7. The molecule has 1 aliphatic heterocycles. The topological polar surface area (TPSA) is 89.8 Å². The van der Waals surface area contributed by atoms with Crippen molar-refractivity contribution in [2.24, 2.45) is 0 Å². The van der Waals surface area contributed by atoms with Gasteiger partial charge in [-0.15, -0.1) is 0 Å². The van der Waals surface area contributed by atoms with Crippen LogP contribution in [0, 0.1) is 18.3 Å². The molecule has 0 fully saturated rings. The second kappa shape index (κ2) is 10.5. The van der Waals surface area contributed by atoms with Crippen LogP contribution in [0.25, 0.3) is 6.08 Å². The maximum atomic E-state index is 12.7. The predicted molar refractivity (Wildman–Crippen MR) is 128 cm³/mol. The summed E-state index contributed by atoms with van der Waals surface area (Å²) in [7, 11) is 1.56. The first-order valence-electron chi connectivity index (χ1n) is 10.8. The molecule has 0 radical (unpaired) electrons. The number of hydrogen-bond donors (Lipinski definition) is 1. The highest BCUT2D eigenvalue weighted by molar-refractivity contribution is 6.09. The number of carbonyl (C=O) groups excluding carboxylic acids is 1. The van der Waals surface area contributed by atoms with Crippen LogP contribution >= 0.6 is 0 Å². The number of aryl methyl sites for hydroxylation is 1. The molecule has 1 N–H and O–H groups in total. The van der Waals surface area contributed by atoms with Crippen LogP contribution < -0.4 is 24.3 Å². The van der Waals surface area contributed by atoms with E-state index in [1.165, 1.54) is 6.08 Å². The molecule has 1 amide bonds. The van der Waals surface area contributed by atoms with Gasteiger partial charge in [-0.25, -0.2) is 0 Å². The fourth-order valence-electron chi connectivity index (χ4n) is 3.46. The van der Waals surface area contributed by atoms with E-state index < -0.39 is 5.91 Å². The minimum absolute atomic E-state index is 0.0510. The van der Waals surface area contributed by atoms with Gasteiger partial charge in [0.25, 0.3) is 5.91 Å². The van der Waals surface area contributed by atoms with E-state index in [0.717, 1.165) is 11.1 Å². The molecule has 7 heteroatoms. The molecule has 0 aromatic heterocycles. The van der Waals surface area contributed by atoms with Crippen molar-refractivity contribution in [3.05, 3.63) is 82.9 Å². The van der Waals surface area contributed by atoms with Crippen LogP contribution in [0.4, 0.5) is 5.69 Å². The van der Waals surface area contributed by atoms with Crippen molar-refractivity contribution in [1.82, 2.24) is 0 Å². The van der Waals surface area contributed by atoms with Crippen molar-refractivity contribution in [2.75, 3.05) is 25.6 Å². The van der Waals surface area contributed by atoms with Crippen molar-refractivity contribution >= 4 is 17.7 Å². The van der Waals surface area contributed by atoms with E-state index in [1.807, 2.05) is 37.3 Å². The molecular weight excluding hydrogens is 432 g/mol. The Kier molecular flexibility index (Phi) is 6.99. The summed E-state index contributed by atoms with van der Waals surface area (Å²) in [4.78, 5) is 12.7. The summed E-state index contributed by atoms with van der Waals surface area (Å²) in [5.41, 5.74) is 3.27. The van der Waals surface area contributed by atoms with Crippen LogP contribution in [-0.2, 0) is 11.4 Å². The van der Waals surface area contributed by atoms with Crippen molar-refractivity contribution in [3.63, 3.8) is 0 Å². The number of hydrogen-bond acceptors (Lipinski definition) is 6. The van der Waals surface area contributed by atoms with Gasteiger partial charge in [-0.1, -0.05) is 30.3 Å². The molecule has 0 bridgehead atoms. The monoisotopic (exact) mass is 456 g/mol. The van der Waals surface area contributed by atoms with E-state index in [2.05, 4.69) is 5.32 Å². The molecule has 0 atom stereocenters. The van der Waals surface area contributed by atoms with Crippen molar-refractivity contribution in [1.29, 1.82) is 5.26 Å². The molecule has 4 rings (SSSR count). The van der Waals surface area contributed by atoms with Crippen molar-refractivity contribution in [3.8, 4) is 29.1 Å². The van der Waals surface area contributed by atoms with Gasteiger partial charge in [0.2, 0.25) is 0 Å². The van der Waals surface area contributed by atoms with E-state index in [-0.39, 0.29) is 5.57 Å². The number of fused-ring (bicyclic) bond motifs is 1. The number of methoxy groups -OCH3 is 1. The highest BCUT2D eigenvalue weighted by atomic mass is 16.6. The van der Waals surface area contributed by atoms with Gasteiger partial charge in [0.1, 0.15) is 31.5 Å². The molecule has 0 aliphatic carbocycles. The third kappa shape index (κ3) is 5.30. The summed E-state index contributed by atoms with van der Waals surface area (Å²) in [6.45, 7) is 3.32. The zero-order valence-corrected chi connectivity index (χ0v) is 19.0. The summed E-state index contributed by atoms with van der Waals surface area (Å²) in [5, 5.41) is 12.3. The largest absolute Gasteiger partial charge is 0.493 e. The van der Waals surface area contributed by atoms with E-state index in [0.29, 0.717) is 54.1 Å². The van der Waals surface area contributed by atoms with E-state index in [9.17, 15) is 10.1 Å². The van der Waals surface area contributed by atoms with Gasteiger partial charge in [0.15, 0.2) is 23.0 Å². The van der Waals surface area contributed by atoms with Crippen LogP contribution in [-0.4, -0.2) is 26.2 Å². The number of amides is 1. The summed E-state index contributed by atoms with van der Waals surface area (Å²) in [5.74, 6) is 1.72. The molecular formula is C27H24N2O5. The van der Waals surface area contributed by atoms with Crippen molar-refractivity contribution < 1.29 is 23.7 Å². The van der Waals surface area contributed by atoms with Gasteiger partial charge >= 0.3 is 0 Å². The zero-order valence-electron chi connectivity index (χ0n) is 19.0. The molecule has 0 unspecified atom stereocenters. The lowest BCUT2D eigenvalue weighted by molar-refractivity contribution is -0.112. The predicted octanol–water partition coefficient (Wildman–Crippen LogP) is 4.90. The Bertz CT molecular complexity index is 1280. The first-order chi connectivity index (χ1) is 16.6. The molecule has 7 nitrogen and oxygen atoms in total. The second-order valence-electron chi connectivity index (χ2n) is 7.61. The smallest absolute Gasteiger partial charge is 0.266 e. The first-order valence-corrected chi connectivity index (χ1v) is 10.8. The van der Waals surface area contributed by atoms with Crippen LogP contribution in [0.5, 0.6) is 23.0 Å². The fourth-order valence-corrected chi connectivity index (χ4v) is 3.46. The number of nitriles is 1. The Morgan fingerprint density at radius 1 is 1.06 bits per heavy atom. The third-order valence-corrected chi connectivity index (χ3v) is 5.31. The van der Waals surface area contributed by atoms with E-state index >= 15 is 0 Å². The van der Waals surface area contributed by atoms with Gasteiger partial charge in [-0.3, -0.25) is 4.79 Å². The molecule has 172 valence electrons. The molecule has 34 heavy (non-hydrogen) atoms. The number of ether oxygens (including phenoxy) is 4. The van der Waals surface area contributed by atoms with Crippen LogP contribution in [0.1, 0.15) is 16.7 Å². The highest BCUT2D eigenvalue weighted by Crippen LogP contribution is 2.33. The number of nitrogens with zero attached hydrogens (tertiary/aromatic N) is 1. The highest BCUT2D eigenvalue weighted by Gasteiger charge is 2.15. The number of anilines is 1. The SMILES string of the molecule is COc1ccc(/C=C(\C#N)C(=O)Nc2ccc3c(c2)OCCO3)cc1OCc1ccccc1C. The lowest BCUT2D eigenvalue weighted by Crippen LogP contribution is -2.17. The van der Waals surface area contributed by atoms with Crippen LogP contribution in [0.3, 0.4) is 0 Å². The summed E-state index contributed by atoms with van der Waals surface area (Å²) >= 11 is 0. The number of carbonyl (C=O) groups is 1. The Labute approximate surface area is 198 Å². The summed E-state index contributed by atoms with van der Waals surface area (Å²) < 4.78 is 22.4. The maximum Gasteiger partial charge on any atom is 0.266 e. The normalized spacial score (nSPS) is 12.4. The van der Waals surface area contributed by atoms with Gasteiger partial charge in [-0.05, 0) is 54.0 Å². The van der Waals surface area contributed by atoms with Gasteiger partial charge in [0, 0.05) is 11.8 Å². The lowest BCUT2D eigenvalue weighted by atomic mass is 10.1. The van der Waals surface area contributed by atoms with Gasteiger partial charge in [0.05, 0.1) is 7.11 Å². The van der Waals surface area contributed by atoms with Crippen molar-refractivity contribution in [2.45, 2.75) is 13.5 Å². The minimum Gasteiger partial charge on any atom is -0.493 e. The number of rotatable bonds is 7. The van der Waals surface area contributed by atoms with Crippen LogP contribution in [0.2, 0.25) is 0 Å². The van der Waals surface area contributed by atoms with E-state index in [4.69, 9.17) is 18.9 Å². The Morgan fingerprint density at radius 2 is 1.85 bits per heavy atom. The third-order valence-electron chi connectivity index (χ3n) is 5.31. The number of benzene rings is 3. The molecule has 1 aliphatic rings. The van der Waals surface area contributed by atoms with E-state index in [1.54, 1.807) is 43.5 Å².